The number of nitrogens with two attached hydrogens (primary N) is 1. The van der Waals surface area contributed by atoms with Crippen LogP contribution in [0.15, 0.2) is 28.2 Å². The first-order valence-electron chi connectivity index (χ1n) is 6.88. The minimum atomic E-state index is -0.942. The van der Waals surface area contributed by atoms with Gasteiger partial charge >= 0.3 is 0 Å². The van der Waals surface area contributed by atoms with Crippen LogP contribution < -0.4 is 11.1 Å². The van der Waals surface area contributed by atoms with Gasteiger partial charge in [-0.25, -0.2) is 0 Å². The van der Waals surface area contributed by atoms with E-state index in [1.165, 1.54) is 0 Å². The second-order valence-electron chi connectivity index (χ2n) is 4.88. The van der Waals surface area contributed by atoms with Crippen LogP contribution >= 0.6 is 0 Å². The molecule has 6 nitrogen and oxygen atoms in total. The summed E-state index contributed by atoms with van der Waals surface area (Å²) in [6.07, 6.45) is 5.77. The molecule has 0 saturated heterocycles. The van der Waals surface area contributed by atoms with Gasteiger partial charge in [-0.3, -0.25) is 4.79 Å². The van der Waals surface area contributed by atoms with Gasteiger partial charge in [-0.15, -0.1) is 0 Å². The normalized spacial score (nSPS) is 12.4. The molecule has 0 radical (unpaired) electrons. The molecule has 0 aromatic carbocycles. The van der Waals surface area contributed by atoms with Gasteiger partial charge in [0.1, 0.15) is 5.41 Å². The molecule has 0 unspecified atom stereocenters. The average molecular weight is 281 g/mol. The first-order chi connectivity index (χ1) is 9.60. The summed E-state index contributed by atoms with van der Waals surface area (Å²) in [5, 5.41) is 14.9. The van der Waals surface area contributed by atoms with Gasteiger partial charge in [-0.1, -0.05) is 31.8 Å². The van der Waals surface area contributed by atoms with E-state index in [4.69, 9.17) is 15.4 Å². The number of nitrogens with one attached hydrogen (secondary N) is 1. The number of amides is 1. The minimum absolute atomic E-state index is 0.0223. The van der Waals surface area contributed by atoms with E-state index in [0.29, 0.717) is 19.4 Å². The Kier molecular flexibility index (Phi) is 6.09. The van der Waals surface area contributed by atoms with Crippen molar-refractivity contribution in [3.63, 3.8) is 0 Å². The number of oxime groups is 1. The Labute approximate surface area is 119 Å². The van der Waals surface area contributed by atoms with Crippen molar-refractivity contribution in [2.24, 2.45) is 16.3 Å². The van der Waals surface area contributed by atoms with E-state index >= 15 is 0 Å². The zero-order valence-corrected chi connectivity index (χ0v) is 12.1. The smallest absolute Gasteiger partial charge is 0.234 e. The fourth-order valence-electron chi connectivity index (χ4n) is 2.42. The Morgan fingerprint density at radius 2 is 2.10 bits per heavy atom. The second kappa shape index (κ2) is 7.57. The summed E-state index contributed by atoms with van der Waals surface area (Å²) in [4.78, 5) is 12.5. The molecule has 0 aliphatic carbocycles. The van der Waals surface area contributed by atoms with E-state index in [0.717, 1.165) is 18.4 Å². The van der Waals surface area contributed by atoms with Crippen molar-refractivity contribution < 1.29 is 14.4 Å². The lowest BCUT2D eigenvalue weighted by Crippen LogP contribution is -2.49. The second-order valence-corrected chi connectivity index (χ2v) is 4.88. The maximum absolute atomic E-state index is 12.5. The molecule has 4 N–H and O–H groups in total. The Balaban J connectivity index is 2.87. The first-order valence-corrected chi connectivity index (χ1v) is 6.88. The molecule has 0 saturated carbocycles. The van der Waals surface area contributed by atoms with Crippen molar-refractivity contribution in [2.75, 3.05) is 0 Å². The molecule has 1 rings (SSSR count). The lowest BCUT2D eigenvalue weighted by molar-refractivity contribution is -0.128. The molecule has 1 aromatic rings. The number of carbonyl (C=O) groups is 1. The Bertz CT molecular complexity index is 435. The largest absolute Gasteiger partial charge is 0.472 e. The molecule has 0 spiro atoms. The third kappa shape index (κ3) is 3.53. The fourth-order valence-corrected chi connectivity index (χ4v) is 2.42. The molecule has 0 bridgehead atoms. The molecule has 20 heavy (non-hydrogen) atoms. The SMILES string of the molecule is CCCC(CCC)(C(=O)NCc1ccoc1)/C(N)=N/O. The van der Waals surface area contributed by atoms with Crippen molar-refractivity contribution in [1.29, 1.82) is 0 Å². The molecule has 0 aliphatic heterocycles. The van der Waals surface area contributed by atoms with Gasteiger partial charge in [0.15, 0.2) is 5.84 Å². The summed E-state index contributed by atoms with van der Waals surface area (Å²) in [7, 11) is 0. The zero-order chi connectivity index (χ0) is 15.0. The van der Waals surface area contributed by atoms with Gasteiger partial charge in [-0.05, 0) is 18.9 Å². The number of furan rings is 1. The van der Waals surface area contributed by atoms with Gasteiger partial charge in [-0.2, -0.15) is 0 Å². The highest BCUT2D eigenvalue weighted by Gasteiger charge is 2.41. The molecule has 1 aromatic heterocycles. The van der Waals surface area contributed by atoms with Crippen molar-refractivity contribution in [1.82, 2.24) is 5.32 Å². The maximum Gasteiger partial charge on any atom is 0.234 e. The van der Waals surface area contributed by atoms with E-state index in [9.17, 15) is 4.79 Å². The molecule has 1 amide bonds. The quantitative estimate of drug-likeness (QED) is 0.294. The lowest BCUT2D eigenvalue weighted by atomic mass is 9.77. The first kappa shape index (κ1) is 16.1. The third-order valence-corrected chi connectivity index (χ3v) is 3.42. The molecule has 6 heteroatoms. The minimum Gasteiger partial charge on any atom is -0.472 e. The summed E-state index contributed by atoms with van der Waals surface area (Å²) in [6, 6.07) is 1.78. The summed E-state index contributed by atoms with van der Waals surface area (Å²) >= 11 is 0. The van der Waals surface area contributed by atoms with Gasteiger partial charge in [0.2, 0.25) is 5.91 Å². The summed E-state index contributed by atoms with van der Waals surface area (Å²) in [6.45, 7) is 4.31. The monoisotopic (exact) mass is 281 g/mol. The van der Waals surface area contributed by atoms with Crippen LogP contribution in [-0.2, 0) is 11.3 Å². The summed E-state index contributed by atoms with van der Waals surface area (Å²) in [5.41, 5.74) is 5.73. The van der Waals surface area contributed by atoms with Crippen LogP contribution in [0.5, 0.6) is 0 Å². The molecule has 0 atom stereocenters. The van der Waals surface area contributed by atoms with Crippen LogP contribution in [0.1, 0.15) is 45.1 Å². The average Bonchev–Trinajstić information content (AvgIpc) is 2.96. The van der Waals surface area contributed by atoms with Crippen LogP contribution in [0.2, 0.25) is 0 Å². The zero-order valence-electron chi connectivity index (χ0n) is 12.1. The standard InChI is InChI=1S/C14H23N3O3/c1-3-6-14(7-4-2,12(15)17-19)13(18)16-9-11-5-8-20-10-11/h5,8,10,19H,3-4,6-7,9H2,1-2H3,(H2,15,17)(H,16,18). The molecule has 0 aliphatic rings. The van der Waals surface area contributed by atoms with Gasteiger partial charge in [0.05, 0.1) is 12.5 Å². The van der Waals surface area contributed by atoms with Gasteiger partial charge in [0, 0.05) is 12.1 Å². The van der Waals surface area contributed by atoms with Crippen molar-refractivity contribution in [2.45, 2.75) is 46.1 Å². The molecule has 112 valence electrons. The number of amidine groups is 1. The third-order valence-electron chi connectivity index (χ3n) is 3.42. The maximum atomic E-state index is 12.5. The Morgan fingerprint density at radius 1 is 1.45 bits per heavy atom. The van der Waals surface area contributed by atoms with Crippen LogP contribution in [0, 0.1) is 5.41 Å². The highest BCUT2D eigenvalue weighted by Crippen LogP contribution is 2.31. The van der Waals surface area contributed by atoms with E-state index in [1.807, 2.05) is 13.8 Å². The molecule has 0 fully saturated rings. The van der Waals surface area contributed by atoms with Crippen LogP contribution in [0.3, 0.4) is 0 Å². The van der Waals surface area contributed by atoms with E-state index in [-0.39, 0.29) is 11.7 Å². The highest BCUT2D eigenvalue weighted by molar-refractivity contribution is 6.06. The van der Waals surface area contributed by atoms with Gasteiger partial charge < -0.3 is 20.7 Å². The number of rotatable bonds is 8. The topological polar surface area (TPSA) is 101 Å². The summed E-state index contributed by atoms with van der Waals surface area (Å²) in [5.74, 6) is -0.233. The number of hydrogen-bond donors (Lipinski definition) is 3. The molecular formula is C14H23N3O3. The van der Waals surface area contributed by atoms with Crippen molar-refractivity contribution >= 4 is 11.7 Å². The predicted octanol–water partition coefficient (Wildman–Crippen LogP) is 2.23. The van der Waals surface area contributed by atoms with E-state index < -0.39 is 5.41 Å². The Morgan fingerprint density at radius 3 is 2.55 bits per heavy atom. The Hall–Kier alpha value is -1.98. The van der Waals surface area contributed by atoms with E-state index in [2.05, 4.69) is 10.5 Å². The number of carbonyl (C=O) groups excluding carboxylic acids is 1. The fraction of sp³-hybridized carbons (Fsp3) is 0.571. The predicted molar refractivity (Wildman–Crippen MR) is 76.2 cm³/mol. The van der Waals surface area contributed by atoms with Gasteiger partial charge in [0.25, 0.3) is 0 Å². The van der Waals surface area contributed by atoms with Crippen molar-refractivity contribution in [3.05, 3.63) is 24.2 Å². The molecule has 1 heterocycles. The highest BCUT2D eigenvalue weighted by atomic mass is 16.4. The summed E-state index contributed by atoms with van der Waals surface area (Å²) < 4.78 is 4.96. The lowest BCUT2D eigenvalue weighted by Gasteiger charge is -2.30. The number of nitrogens with zero attached hydrogens (tertiary/aromatic N) is 1. The van der Waals surface area contributed by atoms with Crippen LogP contribution in [-0.4, -0.2) is 17.0 Å². The van der Waals surface area contributed by atoms with Crippen LogP contribution in [0.4, 0.5) is 0 Å². The molecular weight excluding hydrogens is 258 g/mol. The number of hydrogen-bond acceptors (Lipinski definition) is 4. The van der Waals surface area contributed by atoms with Crippen molar-refractivity contribution in [3.8, 4) is 0 Å². The van der Waals surface area contributed by atoms with Crippen LogP contribution in [0.25, 0.3) is 0 Å². The van der Waals surface area contributed by atoms with E-state index in [1.54, 1.807) is 18.6 Å².